The Hall–Kier alpha value is -0.860. The molecule has 84 valence electrons. The molecule has 0 bridgehead atoms. The van der Waals surface area contributed by atoms with Crippen molar-refractivity contribution in [1.29, 1.82) is 0 Å². The summed E-state index contributed by atoms with van der Waals surface area (Å²) < 4.78 is 26.7. The first kappa shape index (κ1) is 11.6. The van der Waals surface area contributed by atoms with E-state index in [0.717, 1.165) is 5.56 Å². The largest absolute Gasteiger partial charge is 0.287 e. The van der Waals surface area contributed by atoms with Crippen molar-refractivity contribution in [3.05, 3.63) is 52.0 Å². The third-order valence-corrected chi connectivity index (χ3v) is 3.06. The van der Waals surface area contributed by atoms with E-state index in [1.54, 1.807) is 30.3 Å². The summed E-state index contributed by atoms with van der Waals surface area (Å²) >= 11 is 11.2. The van der Waals surface area contributed by atoms with Gasteiger partial charge in [-0.3, -0.25) is 0 Å². The maximum atomic E-state index is 13.3. The highest BCUT2D eigenvalue weighted by atomic mass is 35.5. The molecule has 0 unspecified atom stereocenters. The van der Waals surface area contributed by atoms with Crippen LogP contribution in [0.3, 0.4) is 0 Å². The Bertz CT molecular complexity index is 458. The summed E-state index contributed by atoms with van der Waals surface area (Å²) in [5.41, 5.74) is 1.30. The van der Waals surface area contributed by atoms with E-state index in [9.17, 15) is 8.78 Å². The van der Waals surface area contributed by atoms with Crippen molar-refractivity contribution in [3.63, 3.8) is 0 Å². The molecule has 0 saturated heterocycles. The van der Waals surface area contributed by atoms with E-state index in [2.05, 4.69) is 0 Å². The highest BCUT2D eigenvalue weighted by Gasteiger charge is 2.36. The van der Waals surface area contributed by atoms with E-state index in [0.29, 0.717) is 10.6 Å². The summed E-state index contributed by atoms with van der Waals surface area (Å²) in [5, 5.41) is 0.172. The monoisotopic (exact) mass is 260 g/mol. The van der Waals surface area contributed by atoms with Gasteiger partial charge in [0.05, 0.1) is 5.03 Å². The molecule has 1 aliphatic rings. The molecular weight excluding hydrogens is 253 g/mol. The van der Waals surface area contributed by atoms with Gasteiger partial charge in [-0.2, -0.15) is 8.78 Å². The average molecular weight is 261 g/mol. The van der Waals surface area contributed by atoms with Gasteiger partial charge in [-0.15, -0.1) is 0 Å². The normalized spacial score (nSPS) is 19.0. The van der Waals surface area contributed by atoms with Crippen molar-refractivity contribution < 1.29 is 8.78 Å². The zero-order valence-electron chi connectivity index (χ0n) is 8.18. The van der Waals surface area contributed by atoms with E-state index in [4.69, 9.17) is 23.2 Å². The van der Waals surface area contributed by atoms with Crippen molar-refractivity contribution >= 4 is 28.8 Å². The van der Waals surface area contributed by atoms with Gasteiger partial charge in [0.15, 0.2) is 0 Å². The lowest BCUT2D eigenvalue weighted by atomic mass is 9.95. The molecule has 0 atom stereocenters. The Labute approximate surface area is 102 Å². The molecule has 0 fully saturated rings. The van der Waals surface area contributed by atoms with Crippen molar-refractivity contribution in [1.82, 2.24) is 0 Å². The van der Waals surface area contributed by atoms with Gasteiger partial charge in [-0.05, 0) is 29.3 Å². The van der Waals surface area contributed by atoms with Gasteiger partial charge in [-0.1, -0.05) is 41.4 Å². The molecular formula is C12H8Cl2F2. The molecule has 1 aromatic carbocycles. The SMILES string of the molecule is FC1(F)CC(c2ccc(Cl)cc2)=CC=C1Cl. The van der Waals surface area contributed by atoms with Crippen LogP contribution in [-0.2, 0) is 0 Å². The summed E-state index contributed by atoms with van der Waals surface area (Å²) in [5.74, 6) is -2.97. The van der Waals surface area contributed by atoms with Crippen LogP contribution in [0.4, 0.5) is 8.78 Å². The van der Waals surface area contributed by atoms with Gasteiger partial charge in [0, 0.05) is 11.4 Å². The number of allylic oxidation sites excluding steroid dienone is 4. The molecule has 0 aromatic heterocycles. The highest BCUT2D eigenvalue weighted by molar-refractivity contribution is 6.31. The topological polar surface area (TPSA) is 0 Å². The number of hydrogen-bond donors (Lipinski definition) is 0. The van der Waals surface area contributed by atoms with Crippen molar-refractivity contribution in [3.8, 4) is 0 Å². The quantitative estimate of drug-likeness (QED) is 0.675. The average Bonchev–Trinajstić information content (AvgIpc) is 2.23. The van der Waals surface area contributed by atoms with Crippen molar-refractivity contribution in [2.75, 3.05) is 0 Å². The second-order valence-electron chi connectivity index (χ2n) is 3.59. The lowest BCUT2D eigenvalue weighted by Gasteiger charge is -2.21. The lowest BCUT2D eigenvalue weighted by Crippen LogP contribution is -2.19. The molecule has 1 aliphatic carbocycles. The Balaban J connectivity index is 2.34. The Kier molecular flexibility index (Phi) is 3.04. The molecule has 0 nitrogen and oxygen atoms in total. The minimum Gasteiger partial charge on any atom is -0.200 e. The summed E-state index contributed by atoms with van der Waals surface area (Å²) in [6, 6.07) is 6.79. The third kappa shape index (κ3) is 2.28. The van der Waals surface area contributed by atoms with E-state index < -0.39 is 11.0 Å². The predicted octanol–water partition coefficient (Wildman–Crippen LogP) is 4.89. The molecule has 4 heteroatoms. The van der Waals surface area contributed by atoms with Crippen LogP contribution in [-0.4, -0.2) is 5.92 Å². The van der Waals surface area contributed by atoms with Crippen molar-refractivity contribution in [2.45, 2.75) is 12.3 Å². The third-order valence-electron chi connectivity index (χ3n) is 2.41. The van der Waals surface area contributed by atoms with Crippen LogP contribution in [0.2, 0.25) is 5.02 Å². The Morgan fingerprint density at radius 2 is 1.62 bits per heavy atom. The van der Waals surface area contributed by atoms with E-state index in [-0.39, 0.29) is 6.42 Å². The predicted molar refractivity (Wildman–Crippen MR) is 62.9 cm³/mol. The molecule has 0 heterocycles. The van der Waals surface area contributed by atoms with Crippen LogP contribution < -0.4 is 0 Å². The van der Waals surface area contributed by atoms with Crippen LogP contribution in [0.25, 0.3) is 5.57 Å². The second kappa shape index (κ2) is 4.19. The lowest BCUT2D eigenvalue weighted by molar-refractivity contribution is 0.0549. The molecule has 0 saturated carbocycles. The fraction of sp³-hybridized carbons (Fsp3) is 0.167. The maximum absolute atomic E-state index is 13.3. The number of rotatable bonds is 1. The van der Waals surface area contributed by atoms with Crippen LogP contribution >= 0.6 is 23.2 Å². The number of benzene rings is 1. The fourth-order valence-corrected chi connectivity index (χ4v) is 1.80. The minimum absolute atomic E-state index is 0.371. The fourth-order valence-electron chi connectivity index (χ4n) is 1.54. The molecule has 1 aromatic rings. The first-order chi connectivity index (χ1) is 7.49. The minimum atomic E-state index is -2.97. The number of hydrogen-bond acceptors (Lipinski definition) is 0. The smallest absolute Gasteiger partial charge is 0.200 e. The summed E-state index contributed by atoms with van der Waals surface area (Å²) in [4.78, 5) is 0. The van der Waals surface area contributed by atoms with Crippen LogP contribution in [0.5, 0.6) is 0 Å². The van der Waals surface area contributed by atoms with Gasteiger partial charge in [0.1, 0.15) is 0 Å². The van der Waals surface area contributed by atoms with Crippen LogP contribution in [0.15, 0.2) is 41.4 Å². The van der Waals surface area contributed by atoms with Gasteiger partial charge in [0.25, 0.3) is 5.92 Å². The zero-order valence-corrected chi connectivity index (χ0v) is 9.69. The van der Waals surface area contributed by atoms with Crippen LogP contribution in [0, 0.1) is 0 Å². The van der Waals surface area contributed by atoms with E-state index in [1.807, 2.05) is 0 Å². The molecule has 0 N–H and O–H groups in total. The molecule has 0 aliphatic heterocycles. The summed E-state index contributed by atoms with van der Waals surface area (Å²) in [6.07, 6.45) is 2.49. The molecule has 2 rings (SSSR count). The Morgan fingerprint density at radius 3 is 2.19 bits per heavy atom. The summed E-state index contributed by atoms with van der Waals surface area (Å²) in [6.45, 7) is 0. The maximum Gasteiger partial charge on any atom is 0.287 e. The molecule has 0 spiro atoms. The molecule has 0 radical (unpaired) electrons. The molecule has 16 heavy (non-hydrogen) atoms. The van der Waals surface area contributed by atoms with Gasteiger partial charge in [-0.25, -0.2) is 0 Å². The van der Waals surface area contributed by atoms with Crippen LogP contribution in [0.1, 0.15) is 12.0 Å². The van der Waals surface area contributed by atoms with Gasteiger partial charge < -0.3 is 0 Å². The standard InChI is InChI=1S/C12H8Cl2F2/c13-10-4-1-8(2-5-10)9-3-6-11(14)12(15,16)7-9/h1-6H,7H2. The van der Waals surface area contributed by atoms with Gasteiger partial charge in [0.2, 0.25) is 0 Å². The zero-order chi connectivity index (χ0) is 11.8. The van der Waals surface area contributed by atoms with Crippen molar-refractivity contribution in [2.24, 2.45) is 0 Å². The first-order valence-corrected chi connectivity index (χ1v) is 5.45. The first-order valence-electron chi connectivity index (χ1n) is 4.70. The Morgan fingerprint density at radius 1 is 1.00 bits per heavy atom. The van der Waals surface area contributed by atoms with E-state index in [1.165, 1.54) is 6.08 Å². The number of alkyl halides is 2. The summed E-state index contributed by atoms with van der Waals surface area (Å²) in [7, 11) is 0. The number of halogens is 4. The molecule has 0 amide bonds. The van der Waals surface area contributed by atoms with Gasteiger partial charge >= 0.3 is 0 Å². The van der Waals surface area contributed by atoms with E-state index >= 15 is 0 Å². The highest BCUT2D eigenvalue weighted by Crippen LogP contribution is 2.40. The second-order valence-corrected chi connectivity index (χ2v) is 4.44.